The Labute approximate surface area is 94.9 Å². The van der Waals surface area contributed by atoms with Crippen molar-refractivity contribution in [3.05, 3.63) is 34.9 Å². The third-order valence-corrected chi connectivity index (χ3v) is 2.23. The van der Waals surface area contributed by atoms with Crippen molar-refractivity contribution in [3.63, 3.8) is 0 Å². The molecule has 0 saturated heterocycles. The van der Waals surface area contributed by atoms with Crippen LogP contribution in [0.4, 0.5) is 0 Å². The molecule has 0 heterocycles. The Kier molecular flexibility index (Phi) is 4.46. The number of benzene rings is 1. The monoisotopic (exact) mass is 223 g/mol. The molecule has 0 fully saturated rings. The van der Waals surface area contributed by atoms with Gasteiger partial charge in [-0.3, -0.25) is 4.79 Å². The average molecular weight is 223 g/mol. The largest absolute Gasteiger partial charge is 0.392 e. The van der Waals surface area contributed by atoms with E-state index < -0.39 is 0 Å². The Hall–Kier alpha value is -1.39. The summed E-state index contributed by atoms with van der Waals surface area (Å²) in [6, 6.07) is 4.97. The first-order valence-electron chi connectivity index (χ1n) is 5.23. The molecular weight excluding hydrogens is 206 g/mol. The first kappa shape index (κ1) is 12.7. The first-order chi connectivity index (χ1) is 7.58. The number of aliphatic hydroxyl groups excluding tert-OH is 2. The van der Waals surface area contributed by atoms with Crippen molar-refractivity contribution in [2.75, 3.05) is 0 Å². The van der Waals surface area contributed by atoms with Crippen LogP contribution in [0.2, 0.25) is 0 Å². The number of aliphatic hydroxyl groups is 2. The first-order valence-corrected chi connectivity index (χ1v) is 5.23. The molecule has 4 nitrogen and oxygen atoms in total. The molecule has 0 unspecified atom stereocenters. The molecular formula is C12H17NO3. The van der Waals surface area contributed by atoms with E-state index in [4.69, 9.17) is 10.2 Å². The van der Waals surface area contributed by atoms with Crippen LogP contribution < -0.4 is 5.32 Å². The highest BCUT2D eigenvalue weighted by Crippen LogP contribution is 2.12. The van der Waals surface area contributed by atoms with Gasteiger partial charge >= 0.3 is 0 Å². The molecule has 1 aromatic carbocycles. The van der Waals surface area contributed by atoms with Gasteiger partial charge in [0, 0.05) is 11.6 Å². The molecule has 88 valence electrons. The Morgan fingerprint density at radius 1 is 1.25 bits per heavy atom. The zero-order valence-electron chi connectivity index (χ0n) is 9.53. The van der Waals surface area contributed by atoms with Gasteiger partial charge < -0.3 is 15.5 Å². The minimum Gasteiger partial charge on any atom is -0.392 e. The van der Waals surface area contributed by atoms with E-state index in [-0.39, 0.29) is 25.2 Å². The zero-order chi connectivity index (χ0) is 12.1. The maximum atomic E-state index is 11.7. The molecule has 0 spiro atoms. The SMILES string of the molecule is CC(C)NC(=O)c1ccc(CO)c(CO)c1. The predicted octanol–water partition coefficient (Wildman–Crippen LogP) is 0.809. The van der Waals surface area contributed by atoms with E-state index in [1.54, 1.807) is 18.2 Å². The van der Waals surface area contributed by atoms with E-state index in [0.29, 0.717) is 16.7 Å². The molecule has 0 aromatic heterocycles. The molecule has 0 aliphatic rings. The maximum Gasteiger partial charge on any atom is 0.251 e. The fraction of sp³-hybridized carbons (Fsp3) is 0.417. The third-order valence-electron chi connectivity index (χ3n) is 2.23. The van der Waals surface area contributed by atoms with Crippen molar-refractivity contribution < 1.29 is 15.0 Å². The molecule has 1 aromatic rings. The second-order valence-electron chi connectivity index (χ2n) is 3.93. The summed E-state index contributed by atoms with van der Waals surface area (Å²) in [6.07, 6.45) is 0. The molecule has 3 N–H and O–H groups in total. The molecule has 0 aliphatic heterocycles. The van der Waals surface area contributed by atoms with Gasteiger partial charge in [0.15, 0.2) is 0 Å². The van der Waals surface area contributed by atoms with Crippen molar-refractivity contribution >= 4 is 5.91 Å². The topological polar surface area (TPSA) is 69.6 Å². The summed E-state index contributed by atoms with van der Waals surface area (Å²) in [5.74, 6) is -0.172. The van der Waals surface area contributed by atoms with E-state index >= 15 is 0 Å². The summed E-state index contributed by atoms with van der Waals surface area (Å²) in [4.78, 5) is 11.7. The summed E-state index contributed by atoms with van der Waals surface area (Å²) in [6.45, 7) is 3.44. The van der Waals surface area contributed by atoms with Crippen LogP contribution in [-0.4, -0.2) is 22.2 Å². The van der Waals surface area contributed by atoms with Gasteiger partial charge in [0.05, 0.1) is 13.2 Å². The van der Waals surface area contributed by atoms with Crippen molar-refractivity contribution in [1.82, 2.24) is 5.32 Å². The van der Waals surface area contributed by atoms with Gasteiger partial charge in [-0.05, 0) is 37.1 Å². The van der Waals surface area contributed by atoms with Gasteiger partial charge in [-0.25, -0.2) is 0 Å². The second kappa shape index (κ2) is 5.63. The summed E-state index contributed by atoms with van der Waals surface area (Å²) in [5, 5.41) is 20.9. The molecule has 4 heteroatoms. The Bertz CT molecular complexity index is 375. The lowest BCUT2D eigenvalue weighted by Crippen LogP contribution is -2.30. The molecule has 0 atom stereocenters. The smallest absolute Gasteiger partial charge is 0.251 e. The van der Waals surface area contributed by atoms with E-state index in [1.807, 2.05) is 13.8 Å². The summed E-state index contributed by atoms with van der Waals surface area (Å²) < 4.78 is 0. The minimum absolute atomic E-state index is 0.0718. The Balaban J connectivity index is 2.94. The highest BCUT2D eigenvalue weighted by molar-refractivity contribution is 5.94. The number of carbonyl (C=O) groups is 1. The van der Waals surface area contributed by atoms with Gasteiger partial charge in [0.1, 0.15) is 0 Å². The van der Waals surface area contributed by atoms with Gasteiger partial charge in [-0.1, -0.05) is 6.07 Å². The highest BCUT2D eigenvalue weighted by Gasteiger charge is 2.09. The Morgan fingerprint density at radius 2 is 1.88 bits per heavy atom. The van der Waals surface area contributed by atoms with Crippen molar-refractivity contribution in [2.24, 2.45) is 0 Å². The Morgan fingerprint density at radius 3 is 2.38 bits per heavy atom. The molecule has 0 aliphatic carbocycles. The lowest BCUT2D eigenvalue weighted by atomic mass is 10.0. The average Bonchev–Trinajstić information content (AvgIpc) is 2.27. The quantitative estimate of drug-likeness (QED) is 0.707. The number of nitrogens with one attached hydrogen (secondary N) is 1. The standard InChI is InChI=1S/C12H17NO3/c1-8(2)13-12(16)9-3-4-10(6-14)11(5-9)7-15/h3-5,8,14-15H,6-7H2,1-2H3,(H,13,16). The van der Waals surface area contributed by atoms with Crippen molar-refractivity contribution in [2.45, 2.75) is 33.1 Å². The maximum absolute atomic E-state index is 11.7. The second-order valence-corrected chi connectivity index (χ2v) is 3.93. The van der Waals surface area contributed by atoms with E-state index in [1.165, 1.54) is 0 Å². The third kappa shape index (κ3) is 3.05. The number of amides is 1. The molecule has 0 bridgehead atoms. The number of hydrogen-bond donors (Lipinski definition) is 3. The summed E-state index contributed by atoms with van der Waals surface area (Å²) in [7, 11) is 0. The van der Waals surface area contributed by atoms with Crippen LogP contribution in [-0.2, 0) is 13.2 Å². The van der Waals surface area contributed by atoms with Gasteiger partial charge in [-0.2, -0.15) is 0 Å². The molecule has 0 saturated carbocycles. The number of carbonyl (C=O) groups excluding carboxylic acids is 1. The number of hydrogen-bond acceptors (Lipinski definition) is 3. The molecule has 1 amide bonds. The lowest BCUT2D eigenvalue weighted by Gasteiger charge is -2.10. The van der Waals surface area contributed by atoms with Crippen LogP contribution in [0, 0.1) is 0 Å². The van der Waals surface area contributed by atoms with Crippen LogP contribution in [0.15, 0.2) is 18.2 Å². The van der Waals surface area contributed by atoms with Gasteiger partial charge in [0.2, 0.25) is 0 Å². The van der Waals surface area contributed by atoms with Gasteiger partial charge in [-0.15, -0.1) is 0 Å². The highest BCUT2D eigenvalue weighted by atomic mass is 16.3. The van der Waals surface area contributed by atoms with E-state index in [9.17, 15) is 4.79 Å². The lowest BCUT2D eigenvalue weighted by molar-refractivity contribution is 0.0943. The van der Waals surface area contributed by atoms with E-state index in [2.05, 4.69) is 5.32 Å². The van der Waals surface area contributed by atoms with Crippen LogP contribution in [0.5, 0.6) is 0 Å². The normalized spacial score (nSPS) is 10.6. The fourth-order valence-electron chi connectivity index (χ4n) is 1.41. The van der Waals surface area contributed by atoms with Crippen molar-refractivity contribution in [1.29, 1.82) is 0 Å². The number of rotatable bonds is 4. The van der Waals surface area contributed by atoms with E-state index in [0.717, 1.165) is 0 Å². The van der Waals surface area contributed by atoms with Gasteiger partial charge in [0.25, 0.3) is 5.91 Å². The summed E-state index contributed by atoms with van der Waals surface area (Å²) >= 11 is 0. The van der Waals surface area contributed by atoms with Crippen LogP contribution in [0.1, 0.15) is 35.3 Å². The zero-order valence-corrected chi connectivity index (χ0v) is 9.53. The van der Waals surface area contributed by atoms with Crippen LogP contribution in [0.25, 0.3) is 0 Å². The summed E-state index contributed by atoms with van der Waals surface area (Å²) in [5.41, 5.74) is 1.72. The van der Waals surface area contributed by atoms with Crippen LogP contribution in [0.3, 0.4) is 0 Å². The fourth-order valence-corrected chi connectivity index (χ4v) is 1.41. The molecule has 16 heavy (non-hydrogen) atoms. The van der Waals surface area contributed by atoms with Crippen LogP contribution >= 0.6 is 0 Å². The molecule has 1 rings (SSSR count). The molecule has 0 radical (unpaired) electrons. The van der Waals surface area contributed by atoms with Crippen molar-refractivity contribution in [3.8, 4) is 0 Å². The predicted molar refractivity (Wildman–Crippen MR) is 60.9 cm³/mol. The minimum atomic E-state index is -0.182.